The summed E-state index contributed by atoms with van der Waals surface area (Å²) in [6, 6.07) is -0.546. The van der Waals surface area contributed by atoms with E-state index in [1.165, 1.54) is 0 Å². The fourth-order valence-corrected chi connectivity index (χ4v) is 0.350. The van der Waals surface area contributed by atoms with E-state index in [0.717, 1.165) is 0 Å². The lowest BCUT2D eigenvalue weighted by Crippen LogP contribution is -2.26. The van der Waals surface area contributed by atoms with E-state index in [2.05, 4.69) is 17.9 Å². The molecule has 0 aromatic carbocycles. The van der Waals surface area contributed by atoms with Crippen LogP contribution in [-0.4, -0.2) is 18.1 Å². The summed E-state index contributed by atoms with van der Waals surface area (Å²) in [6.07, 6.45) is 0.578. The Kier molecular flexibility index (Phi) is 4.24. The minimum atomic E-state index is -0.546. The first-order chi connectivity index (χ1) is 3.85. The van der Waals surface area contributed by atoms with Gasteiger partial charge >= 0.3 is 0 Å². The van der Waals surface area contributed by atoms with Gasteiger partial charge in [-0.15, -0.1) is 4.91 Å². The molecule has 4 nitrogen and oxygen atoms in total. The van der Waals surface area contributed by atoms with Crippen molar-refractivity contribution >= 4 is 18.9 Å². The highest BCUT2D eigenvalue weighted by Gasteiger charge is 1.99. The monoisotopic (exact) mass is 134 g/mol. The average Bonchev–Trinajstić information content (AvgIpc) is 1.83. The Morgan fingerprint density at radius 3 is 2.62 bits per heavy atom. The van der Waals surface area contributed by atoms with Crippen LogP contribution in [-0.2, 0) is 4.79 Å². The van der Waals surface area contributed by atoms with Gasteiger partial charge in [-0.05, 0) is 0 Å². The van der Waals surface area contributed by atoms with Crippen LogP contribution in [0.15, 0.2) is 5.29 Å². The Hall–Kier alpha value is -0.580. The van der Waals surface area contributed by atoms with E-state index in [1.54, 1.807) is 0 Å². The zero-order valence-corrected chi connectivity index (χ0v) is 4.97. The van der Waals surface area contributed by atoms with Crippen molar-refractivity contribution in [3.8, 4) is 0 Å². The molecule has 0 aliphatic rings. The second-order valence-corrected chi connectivity index (χ2v) is 1.51. The topological polar surface area (TPSA) is 58.5 Å². The number of carbonyl (C=O) groups excluding carboxylic acids is 1. The molecule has 0 radical (unpaired) electrons. The first kappa shape index (κ1) is 7.42. The highest BCUT2D eigenvalue weighted by Crippen LogP contribution is 1.80. The minimum Gasteiger partial charge on any atom is -0.301 e. The van der Waals surface area contributed by atoms with Crippen molar-refractivity contribution in [2.75, 3.05) is 5.75 Å². The van der Waals surface area contributed by atoms with Crippen LogP contribution in [0.3, 0.4) is 0 Å². The lowest BCUT2D eigenvalue weighted by molar-refractivity contribution is -0.109. The van der Waals surface area contributed by atoms with Crippen molar-refractivity contribution < 1.29 is 4.79 Å². The number of hydrogen-bond acceptors (Lipinski definition) is 4. The summed E-state index contributed by atoms with van der Waals surface area (Å²) in [6.45, 7) is 0. The maximum atomic E-state index is 9.82. The largest absolute Gasteiger partial charge is 0.301 e. The number of hydrogen-bond donors (Lipinski definition) is 2. The number of aldehydes is 1. The van der Waals surface area contributed by atoms with E-state index in [0.29, 0.717) is 6.29 Å². The van der Waals surface area contributed by atoms with Gasteiger partial charge in [-0.25, -0.2) is 0 Å². The predicted octanol–water partition coefficient (Wildman–Crippen LogP) is -0.245. The maximum absolute atomic E-state index is 9.82. The maximum Gasteiger partial charge on any atom is 0.144 e. The van der Waals surface area contributed by atoms with Crippen molar-refractivity contribution in [2.45, 2.75) is 6.04 Å². The fraction of sp³-hybridized carbons (Fsp3) is 0.667. The Bertz CT molecular complexity index is 87.4. The Balaban J connectivity index is 3.35. The molecule has 0 rings (SSSR count). The number of rotatable bonds is 4. The van der Waals surface area contributed by atoms with Crippen LogP contribution >= 0.6 is 12.6 Å². The summed E-state index contributed by atoms with van der Waals surface area (Å²) >= 11 is 3.74. The van der Waals surface area contributed by atoms with E-state index in [1.807, 2.05) is 5.43 Å². The van der Waals surface area contributed by atoms with Gasteiger partial charge in [-0.3, -0.25) is 5.43 Å². The molecule has 0 bridgehead atoms. The highest BCUT2D eigenvalue weighted by atomic mass is 32.1. The van der Waals surface area contributed by atoms with E-state index >= 15 is 0 Å². The zero-order chi connectivity index (χ0) is 6.41. The van der Waals surface area contributed by atoms with Crippen molar-refractivity contribution in [1.82, 2.24) is 5.43 Å². The molecule has 5 heteroatoms. The molecule has 0 spiro atoms. The molecule has 0 saturated carbocycles. The van der Waals surface area contributed by atoms with Crippen LogP contribution in [0.25, 0.3) is 0 Å². The van der Waals surface area contributed by atoms with Crippen LogP contribution in [0.2, 0.25) is 0 Å². The lowest BCUT2D eigenvalue weighted by atomic mass is 10.4. The number of nitrogens with one attached hydrogen (secondary N) is 1. The van der Waals surface area contributed by atoms with Crippen molar-refractivity contribution in [1.29, 1.82) is 0 Å². The quantitative estimate of drug-likeness (QED) is 0.241. The Morgan fingerprint density at radius 1 is 1.88 bits per heavy atom. The number of thiol groups is 1. The summed E-state index contributed by atoms with van der Waals surface area (Å²) in [5, 5.41) is 2.30. The molecule has 0 aromatic heterocycles. The number of nitrogens with zero attached hydrogens (tertiary/aromatic N) is 1. The van der Waals surface area contributed by atoms with Gasteiger partial charge in [0, 0.05) is 5.75 Å². The summed E-state index contributed by atoms with van der Waals surface area (Å²) in [4.78, 5) is 19.2. The molecule has 0 aromatic rings. The molecule has 0 amide bonds. The summed E-state index contributed by atoms with van der Waals surface area (Å²) in [5.41, 5.74) is 2.01. The van der Waals surface area contributed by atoms with E-state index in [9.17, 15) is 9.70 Å². The van der Waals surface area contributed by atoms with Crippen LogP contribution in [0, 0.1) is 4.91 Å². The van der Waals surface area contributed by atoms with Gasteiger partial charge in [0.05, 0.1) is 5.29 Å². The van der Waals surface area contributed by atoms with E-state index in [-0.39, 0.29) is 5.75 Å². The average molecular weight is 134 g/mol. The van der Waals surface area contributed by atoms with Crippen LogP contribution in [0.4, 0.5) is 0 Å². The summed E-state index contributed by atoms with van der Waals surface area (Å²) < 4.78 is 0. The lowest BCUT2D eigenvalue weighted by Gasteiger charge is -1.99. The second-order valence-electron chi connectivity index (χ2n) is 1.15. The highest BCUT2D eigenvalue weighted by molar-refractivity contribution is 7.80. The van der Waals surface area contributed by atoms with Gasteiger partial charge in [0.2, 0.25) is 0 Å². The van der Waals surface area contributed by atoms with Crippen molar-refractivity contribution in [3.05, 3.63) is 4.91 Å². The third-order valence-electron chi connectivity index (χ3n) is 0.579. The molecule has 1 atom stereocenters. The third kappa shape index (κ3) is 2.57. The summed E-state index contributed by atoms with van der Waals surface area (Å²) in [7, 11) is 0. The first-order valence-electron chi connectivity index (χ1n) is 1.99. The fourth-order valence-electron chi connectivity index (χ4n) is 0.182. The minimum absolute atomic E-state index is 0.287. The number of carbonyl (C=O) groups is 1. The Labute approximate surface area is 52.0 Å². The Morgan fingerprint density at radius 2 is 2.50 bits per heavy atom. The van der Waals surface area contributed by atoms with Crippen LogP contribution < -0.4 is 5.43 Å². The van der Waals surface area contributed by atoms with Crippen LogP contribution in [0.1, 0.15) is 0 Å². The molecule has 46 valence electrons. The zero-order valence-electron chi connectivity index (χ0n) is 4.07. The molecular weight excluding hydrogens is 128 g/mol. The first-order valence-corrected chi connectivity index (χ1v) is 2.62. The molecule has 1 N–H and O–H groups in total. The SMILES string of the molecule is O=C[C@@H](CS)NN=O. The molecule has 0 aliphatic heterocycles. The third-order valence-corrected chi connectivity index (χ3v) is 0.973. The normalized spacial score (nSPS) is 12.1. The van der Waals surface area contributed by atoms with Crippen LogP contribution in [0.5, 0.6) is 0 Å². The van der Waals surface area contributed by atoms with Gasteiger partial charge in [0.1, 0.15) is 12.3 Å². The van der Waals surface area contributed by atoms with Gasteiger partial charge in [0.25, 0.3) is 0 Å². The van der Waals surface area contributed by atoms with Gasteiger partial charge in [-0.1, -0.05) is 0 Å². The molecule has 0 unspecified atom stereocenters. The smallest absolute Gasteiger partial charge is 0.144 e. The van der Waals surface area contributed by atoms with Crippen molar-refractivity contribution in [3.63, 3.8) is 0 Å². The predicted molar refractivity (Wildman–Crippen MR) is 32.6 cm³/mol. The second kappa shape index (κ2) is 4.58. The van der Waals surface area contributed by atoms with E-state index < -0.39 is 6.04 Å². The van der Waals surface area contributed by atoms with E-state index in [4.69, 9.17) is 0 Å². The van der Waals surface area contributed by atoms with Gasteiger partial charge in [0.15, 0.2) is 0 Å². The van der Waals surface area contributed by atoms with Gasteiger partial charge in [-0.2, -0.15) is 12.6 Å². The molecule has 0 saturated heterocycles. The summed E-state index contributed by atoms with van der Waals surface area (Å²) in [5.74, 6) is 0.287. The molecular formula is C3H6N2O2S. The standard InChI is InChI=1S/C3H6N2O2S/c6-1-3(2-8)4-5-7/h1,3,8H,2H2,(H,4,7)/t3-/m0/s1. The van der Waals surface area contributed by atoms with Gasteiger partial charge < -0.3 is 4.79 Å². The number of nitroso groups, excluding NO2 is 1. The molecule has 0 heterocycles. The molecule has 0 aliphatic carbocycles. The molecule has 8 heavy (non-hydrogen) atoms. The van der Waals surface area contributed by atoms with Crippen molar-refractivity contribution in [2.24, 2.45) is 5.29 Å². The molecule has 0 fully saturated rings.